The van der Waals surface area contributed by atoms with Gasteiger partial charge in [-0.1, -0.05) is 6.07 Å². The Morgan fingerprint density at radius 1 is 1.06 bits per heavy atom. The van der Waals surface area contributed by atoms with Crippen LogP contribution >= 0.6 is 0 Å². The predicted molar refractivity (Wildman–Crippen MR) is 119 cm³/mol. The Hall–Kier alpha value is -3.18. The van der Waals surface area contributed by atoms with Gasteiger partial charge < -0.3 is 9.64 Å². The van der Waals surface area contributed by atoms with E-state index in [9.17, 15) is 13.2 Å². The summed E-state index contributed by atoms with van der Waals surface area (Å²) in [5.74, 6) is 0.232. The lowest BCUT2D eigenvalue weighted by Gasteiger charge is -2.35. The normalized spacial score (nSPS) is 15.2. The summed E-state index contributed by atoms with van der Waals surface area (Å²) in [6.07, 6.45) is 1.43. The highest BCUT2D eigenvalue weighted by Gasteiger charge is 2.35. The quantitative estimate of drug-likeness (QED) is 0.570. The van der Waals surface area contributed by atoms with Gasteiger partial charge in [0.15, 0.2) is 0 Å². The Balaban J connectivity index is 1.57. The monoisotopic (exact) mass is 458 g/mol. The summed E-state index contributed by atoms with van der Waals surface area (Å²) in [5.41, 5.74) is 2.29. The van der Waals surface area contributed by atoms with E-state index in [1.807, 2.05) is 24.3 Å². The summed E-state index contributed by atoms with van der Waals surface area (Å²) in [6, 6.07) is 9.43. The Bertz CT molecular complexity index is 1260. The van der Waals surface area contributed by atoms with Gasteiger partial charge in [-0.05, 0) is 32.0 Å². The number of hydrogen-bond acceptors (Lipinski definition) is 7. The van der Waals surface area contributed by atoms with E-state index in [4.69, 9.17) is 4.74 Å². The molecule has 0 saturated carbocycles. The number of ether oxygens (including phenoxy) is 1. The van der Waals surface area contributed by atoms with Crippen molar-refractivity contribution >= 4 is 21.6 Å². The number of carbonyl (C=O) groups is 1. The molecule has 0 unspecified atom stereocenters. The van der Waals surface area contributed by atoms with E-state index >= 15 is 0 Å². The van der Waals surface area contributed by atoms with E-state index in [1.165, 1.54) is 19.9 Å². The number of aromatic nitrogens is 4. The van der Waals surface area contributed by atoms with Crippen molar-refractivity contribution in [3.63, 3.8) is 0 Å². The highest BCUT2D eigenvalue weighted by atomic mass is 32.2. The molecule has 0 amide bonds. The van der Waals surface area contributed by atoms with Crippen LogP contribution < -0.4 is 9.64 Å². The molecule has 1 aliphatic heterocycles. The van der Waals surface area contributed by atoms with Crippen molar-refractivity contribution in [3.05, 3.63) is 53.5 Å². The van der Waals surface area contributed by atoms with Gasteiger partial charge in [0.05, 0.1) is 12.8 Å². The average molecular weight is 459 g/mol. The number of methoxy groups -OCH3 is 1. The van der Waals surface area contributed by atoms with Crippen molar-refractivity contribution in [2.75, 3.05) is 38.2 Å². The number of sulfonamides is 1. The van der Waals surface area contributed by atoms with Crippen LogP contribution in [0.1, 0.15) is 21.7 Å². The molecule has 0 bridgehead atoms. The zero-order valence-corrected chi connectivity index (χ0v) is 19.3. The van der Waals surface area contributed by atoms with E-state index < -0.39 is 15.9 Å². The molecule has 0 N–H and O–H groups in total. The highest BCUT2D eigenvalue weighted by molar-refractivity contribution is 7.89. The number of aryl methyl sites for hydroxylation is 3. The van der Waals surface area contributed by atoms with Gasteiger partial charge in [0, 0.05) is 56.9 Å². The number of nitrogens with zero attached hydrogens (tertiary/aromatic N) is 6. The number of anilines is 1. The molecule has 0 spiro atoms. The second-order valence-electron chi connectivity index (χ2n) is 7.76. The van der Waals surface area contributed by atoms with Crippen molar-refractivity contribution in [2.24, 2.45) is 7.05 Å². The number of benzene rings is 1. The minimum atomic E-state index is -3.96. The van der Waals surface area contributed by atoms with Crippen LogP contribution in [0.2, 0.25) is 0 Å². The zero-order chi connectivity index (χ0) is 23.0. The van der Waals surface area contributed by atoms with Gasteiger partial charge in [0.2, 0.25) is 5.03 Å². The molecular formula is C21H26N6O4S. The molecule has 1 aromatic carbocycles. The van der Waals surface area contributed by atoms with Crippen LogP contribution in [-0.4, -0.2) is 71.5 Å². The van der Waals surface area contributed by atoms with Gasteiger partial charge in [-0.3, -0.25) is 9.48 Å². The summed E-state index contributed by atoms with van der Waals surface area (Å²) in [4.78, 5) is 15.2. The summed E-state index contributed by atoms with van der Waals surface area (Å²) in [7, 11) is -0.754. The first-order valence-electron chi connectivity index (χ1n) is 10.2. The standard InChI is InChI=1S/C21H26N6O4S/c1-15-12-16(2)27(22-15)21(28)19-14-24(3)23-20(19)32(29,30)26-10-8-25(9-11-26)17-6-5-7-18(13-17)31-4/h5-7,12-14H,8-11H2,1-4H3. The van der Waals surface area contributed by atoms with Crippen molar-refractivity contribution in [1.29, 1.82) is 0 Å². The summed E-state index contributed by atoms with van der Waals surface area (Å²) in [5, 5.41) is 8.09. The minimum Gasteiger partial charge on any atom is -0.497 e. The van der Waals surface area contributed by atoms with Crippen LogP contribution in [-0.2, 0) is 17.1 Å². The number of rotatable bonds is 5. The number of carbonyl (C=O) groups excluding carboxylic acids is 1. The zero-order valence-electron chi connectivity index (χ0n) is 18.5. The van der Waals surface area contributed by atoms with E-state index in [2.05, 4.69) is 15.1 Å². The van der Waals surface area contributed by atoms with E-state index in [0.717, 1.165) is 11.4 Å². The molecular weight excluding hydrogens is 432 g/mol. The molecule has 1 aliphatic rings. The fourth-order valence-corrected chi connectivity index (χ4v) is 5.41. The second kappa shape index (κ2) is 8.40. The average Bonchev–Trinajstić information content (AvgIpc) is 3.35. The highest BCUT2D eigenvalue weighted by Crippen LogP contribution is 2.25. The first-order valence-corrected chi connectivity index (χ1v) is 11.7. The van der Waals surface area contributed by atoms with Gasteiger partial charge in [-0.2, -0.15) is 14.5 Å². The molecule has 3 heterocycles. The minimum absolute atomic E-state index is 0.00826. The molecule has 11 heteroatoms. The van der Waals surface area contributed by atoms with Crippen molar-refractivity contribution < 1.29 is 17.9 Å². The van der Waals surface area contributed by atoms with E-state index in [0.29, 0.717) is 24.5 Å². The van der Waals surface area contributed by atoms with Gasteiger partial charge in [-0.15, -0.1) is 0 Å². The molecule has 1 fully saturated rings. The molecule has 0 aliphatic carbocycles. The molecule has 3 aromatic rings. The van der Waals surface area contributed by atoms with E-state index in [-0.39, 0.29) is 23.7 Å². The van der Waals surface area contributed by atoms with Gasteiger partial charge in [0.25, 0.3) is 15.9 Å². The Morgan fingerprint density at radius 2 is 1.78 bits per heavy atom. The fourth-order valence-electron chi connectivity index (χ4n) is 3.87. The molecule has 4 rings (SSSR count). The lowest BCUT2D eigenvalue weighted by Crippen LogP contribution is -2.49. The van der Waals surface area contributed by atoms with Crippen molar-refractivity contribution in [3.8, 4) is 5.75 Å². The maximum absolute atomic E-state index is 13.4. The van der Waals surface area contributed by atoms with Crippen LogP contribution in [0, 0.1) is 13.8 Å². The SMILES string of the molecule is COc1cccc(N2CCN(S(=O)(=O)c3nn(C)cc3C(=O)n3nc(C)cc3C)CC2)c1. The fraction of sp³-hybridized carbons (Fsp3) is 0.381. The van der Waals surface area contributed by atoms with Crippen LogP contribution in [0.15, 0.2) is 41.6 Å². The molecule has 170 valence electrons. The lowest BCUT2D eigenvalue weighted by molar-refractivity contribution is 0.0938. The Kier molecular flexibility index (Phi) is 5.78. The predicted octanol–water partition coefficient (Wildman–Crippen LogP) is 1.44. The molecule has 0 atom stereocenters. The van der Waals surface area contributed by atoms with Crippen LogP contribution in [0.5, 0.6) is 5.75 Å². The molecule has 2 aromatic heterocycles. The Morgan fingerprint density at radius 3 is 2.41 bits per heavy atom. The maximum Gasteiger partial charge on any atom is 0.283 e. The van der Waals surface area contributed by atoms with Crippen molar-refractivity contribution in [1.82, 2.24) is 23.9 Å². The summed E-state index contributed by atoms with van der Waals surface area (Å²) < 4.78 is 36.1. The van der Waals surface area contributed by atoms with Crippen LogP contribution in [0.25, 0.3) is 0 Å². The molecule has 0 radical (unpaired) electrons. The maximum atomic E-state index is 13.4. The number of piperazine rings is 1. The van der Waals surface area contributed by atoms with Crippen LogP contribution in [0.3, 0.4) is 0 Å². The third-order valence-corrected chi connectivity index (χ3v) is 7.30. The molecule has 32 heavy (non-hydrogen) atoms. The molecule has 1 saturated heterocycles. The van der Waals surface area contributed by atoms with Crippen LogP contribution in [0.4, 0.5) is 5.69 Å². The van der Waals surface area contributed by atoms with Gasteiger partial charge in [-0.25, -0.2) is 13.1 Å². The smallest absolute Gasteiger partial charge is 0.283 e. The first-order chi connectivity index (χ1) is 15.2. The van der Waals surface area contributed by atoms with Gasteiger partial charge >= 0.3 is 0 Å². The lowest BCUT2D eigenvalue weighted by atomic mass is 10.2. The van der Waals surface area contributed by atoms with Gasteiger partial charge in [0.1, 0.15) is 11.3 Å². The summed E-state index contributed by atoms with van der Waals surface area (Å²) >= 11 is 0. The first kappa shape index (κ1) is 22.0. The topological polar surface area (TPSA) is 103 Å². The number of hydrogen-bond donors (Lipinski definition) is 0. The second-order valence-corrected chi connectivity index (χ2v) is 9.61. The largest absolute Gasteiger partial charge is 0.497 e. The molecule has 10 nitrogen and oxygen atoms in total. The van der Waals surface area contributed by atoms with E-state index in [1.54, 1.807) is 34.1 Å². The summed E-state index contributed by atoms with van der Waals surface area (Å²) in [6.45, 7) is 5.12. The van der Waals surface area contributed by atoms with Crippen molar-refractivity contribution in [2.45, 2.75) is 18.9 Å². The third-order valence-electron chi connectivity index (χ3n) is 5.47. The Labute approximate surface area is 187 Å². The third kappa shape index (κ3) is 4.00.